The van der Waals surface area contributed by atoms with E-state index in [1.165, 1.54) is 21.5 Å². The summed E-state index contributed by atoms with van der Waals surface area (Å²) in [5.41, 5.74) is 0. The standard InChI is InChI=1S/C24H21OSi.C5H5.Fe/c1-4-14-22(15-5-1)26(23-16-6-2-7-17-23,24-18-8-3-9-19-24)25-20-21-12-10-11-13-21;1-2-4-5-3-1;/h1-19H,20H2;1-5H;. The molecule has 5 rings (SSSR count). The zero-order chi connectivity index (χ0) is 21.2. The molecular weight excluding hydrogens is 448 g/mol. The molecule has 0 amide bonds. The second-order valence-corrected chi connectivity index (χ2v) is 10.7. The van der Waals surface area contributed by atoms with Crippen molar-refractivity contribution in [3.63, 3.8) is 0 Å². The van der Waals surface area contributed by atoms with Gasteiger partial charge in [0, 0.05) is 29.6 Å². The summed E-state index contributed by atoms with van der Waals surface area (Å²) in [5.74, 6) is 1.21. The van der Waals surface area contributed by atoms with Gasteiger partial charge in [0.05, 0.1) is 0 Å². The molecule has 2 aliphatic rings. The average Bonchev–Trinajstić information content (AvgIpc) is 3.59. The fourth-order valence-electron chi connectivity index (χ4n) is 3.79. The Kier molecular flexibility index (Phi) is 10.3. The monoisotopic (exact) mass is 474 g/mol. The molecule has 160 valence electrons. The van der Waals surface area contributed by atoms with E-state index in [4.69, 9.17) is 4.43 Å². The van der Waals surface area contributed by atoms with E-state index in [0.29, 0.717) is 6.61 Å². The first kappa shape index (κ1) is 25.0. The Morgan fingerprint density at radius 1 is 0.469 bits per heavy atom. The van der Waals surface area contributed by atoms with Crippen molar-refractivity contribution >= 4 is 23.9 Å². The smallest absolute Gasteiger partial charge is 0.288 e. The van der Waals surface area contributed by atoms with Crippen LogP contribution in [0.15, 0.2) is 91.0 Å². The summed E-state index contributed by atoms with van der Waals surface area (Å²) >= 11 is 0. The molecule has 2 fully saturated rings. The van der Waals surface area contributed by atoms with Gasteiger partial charge in [-0.15, -0.1) is 0 Å². The molecule has 0 heterocycles. The number of benzene rings is 3. The normalized spacial score (nSPS) is 16.1. The van der Waals surface area contributed by atoms with Crippen molar-refractivity contribution in [1.29, 1.82) is 0 Å². The van der Waals surface area contributed by atoms with Crippen LogP contribution in [-0.2, 0) is 21.5 Å². The van der Waals surface area contributed by atoms with Crippen molar-refractivity contribution in [1.82, 2.24) is 0 Å². The van der Waals surface area contributed by atoms with E-state index in [1.807, 2.05) is 32.1 Å². The Labute approximate surface area is 206 Å². The van der Waals surface area contributed by atoms with Crippen molar-refractivity contribution in [3.05, 3.63) is 155 Å². The first-order valence-electron chi connectivity index (χ1n) is 10.6. The van der Waals surface area contributed by atoms with Gasteiger partial charge >= 0.3 is 0 Å². The minimum Gasteiger partial charge on any atom is -0.404 e. The summed E-state index contributed by atoms with van der Waals surface area (Å²) in [6.45, 7) is 0.609. The van der Waals surface area contributed by atoms with Gasteiger partial charge in [-0.1, -0.05) is 91.0 Å². The molecule has 0 unspecified atom stereocenters. The summed E-state index contributed by atoms with van der Waals surface area (Å²) in [4.78, 5) is 0. The van der Waals surface area contributed by atoms with Gasteiger partial charge in [0.1, 0.15) is 0 Å². The predicted octanol–water partition coefficient (Wildman–Crippen LogP) is 4.09. The SMILES string of the molecule is [CH]1[CH][CH][CH][CH]1.[CH]1[CH][CH][C](CO[Si](c2ccccc2)(c2ccccc2)c2ccccc2)[CH]1.[Fe]. The van der Waals surface area contributed by atoms with Crippen LogP contribution < -0.4 is 15.6 Å². The molecule has 32 heavy (non-hydrogen) atoms. The number of hydrogen-bond donors (Lipinski definition) is 0. The van der Waals surface area contributed by atoms with Gasteiger partial charge in [0.2, 0.25) is 0 Å². The maximum Gasteiger partial charge on any atom is 0.288 e. The van der Waals surface area contributed by atoms with Crippen LogP contribution >= 0.6 is 0 Å². The van der Waals surface area contributed by atoms with E-state index in [9.17, 15) is 0 Å². The minimum absolute atomic E-state index is 0. The molecule has 3 aromatic carbocycles. The third-order valence-electron chi connectivity index (χ3n) is 5.28. The van der Waals surface area contributed by atoms with Crippen molar-refractivity contribution in [2.24, 2.45) is 0 Å². The number of hydrogen-bond acceptors (Lipinski definition) is 1. The Hall–Kier alpha value is -1.64. The van der Waals surface area contributed by atoms with E-state index in [2.05, 4.69) is 117 Å². The van der Waals surface area contributed by atoms with E-state index >= 15 is 0 Å². The zero-order valence-corrected chi connectivity index (χ0v) is 19.9. The molecule has 3 aromatic rings. The molecule has 0 bridgehead atoms. The van der Waals surface area contributed by atoms with Crippen LogP contribution in [0.25, 0.3) is 0 Å². The molecular formula is C29H26FeOSi. The average molecular weight is 474 g/mol. The molecule has 0 spiro atoms. The van der Waals surface area contributed by atoms with Crippen LogP contribution in [-0.4, -0.2) is 14.9 Å². The van der Waals surface area contributed by atoms with Crippen LogP contribution in [0.1, 0.15) is 0 Å². The molecule has 2 saturated carbocycles. The molecule has 0 atom stereocenters. The van der Waals surface area contributed by atoms with Crippen LogP contribution in [0.4, 0.5) is 0 Å². The summed E-state index contributed by atoms with van der Waals surface area (Å²) < 4.78 is 6.87. The van der Waals surface area contributed by atoms with Crippen LogP contribution in [0.3, 0.4) is 0 Å². The summed E-state index contributed by atoms with van der Waals surface area (Å²) in [7, 11) is -2.58. The molecule has 0 N–H and O–H groups in total. The molecule has 1 nitrogen and oxygen atoms in total. The Morgan fingerprint density at radius 3 is 1.16 bits per heavy atom. The van der Waals surface area contributed by atoms with Crippen molar-refractivity contribution in [2.45, 2.75) is 0 Å². The topological polar surface area (TPSA) is 9.23 Å². The van der Waals surface area contributed by atoms with Gasteiger partial charge in [-0.2, -0.15) is 0 Å². The zero-order valence-electron chi connectivity index (χ0n) is 17.8. The quantitative estimate of drug-likeness (QED) is 0.386. The van der Waals surface area contributed by atoms with Gasteiger partial charge in [0.15, 0.2) is 0 Å². The van der Waals surface area contributed by atoms with Crippen LogP contribution in [0.2, 0.25) is 0 Å². The van der Waals surface area contributed by atoms with Gasteiger partial charge in [-0.3, -0.25) is 0 Å². The molecule has 3 heteroatoms. The maximum absolute atomic E-state index is 6.87. The van der Waals surface area contributed by atoms with E-state index in [0.717, 1.165) is 0 Å². The van der Waals surface area contributed by atoms with E-state index in [1.54, 1.807) is 0 Å². The van der Waals surface area contributed by atoms with Gasteiger partial charge < -0.3 is 4.43 Å². The second kappa shape index (κ2) is 13.2. The van der Waals surface area contributed by atoms with Crippen molar-refractivity contribution in [2.75, 3.05) is 6.61 Å². The second-order valence-electron chi connectivity index (χ2n) is 7.32. The maximum atomic E-state index is 6.87. The first-order valence-corrected chi connectivity index (χ1v) is 12.5. The predicted molar refractivity (Wildman–Crippen MR) is 132 cm³/mol. The molecule has 0 aliphatic heterocycles. The first-order chi connectivity index (χ1) is 15.4. The fourth-order valence-corrected chi connectivity index (χ4v) is 7.66. The van der Waals surface area contributed by atoms with Crippen LogP contribution in [0, 0.1) is 63.7 Å². The van der Waals surface area contributed by atoms with Crippen molar-refractivity contribution < 1.29 is 21.5 Å². The molecule has 10 radical (unpaired) electrons. The molecule has 2 aliphatic carbocycles. The number of rotatable bonds is 6. The fraction of sp³-hybridized carbons (Fsp3) is 0.0345. The third kappa shape index (κ3) is 6.23. The van der Waals surface area contributed by atoms with E-state index in [-0.39, 0.29) is 17.1 Å². The van der Waals surface area contributed by atoms with Gasteiger partial charge in [-0.25, -0.2) is 0 Å². The Bertz CT molecular complexity index is 771. The third-order valence-corrected chi connectivity index (χ3v) is 9.30. The minimum atomic E-state index is -2.58. The largest absolute Gasteiger partial charge is 0.404 e. The Morgan fingerprint density at radius 2 is 0.812 bits per heavy atom. The molecule has 0 aromatic heterocycles. The summed E-state index contributed by atoms with van der Waals surface area (Å²) in [5, 5.41) is 3.80. The summed E-state index contributed by atoms with van der Waals surface area (Å²) in [6, 6.07) is 32.1. The van der Waals surface area contributed by atoms with Gasteiger partial charge in [-0.05, 0) is 73.3 Å². The van der Waals surface area contributed by atoms with Crippen LogP contribution in [0.5, 0.6) is 0 Å². The van der Waals surface area contributed by atoms with Gasteiger partial charge in [0.25, 0.3) is 8.32 Å². The van der Waals surface area contributed by atoms with Crippen molar-refractivity contribution in [3.8, 4) is 0 Å². The Balaban J connectivity index is 0.000000427. The van der Waals surface area contributed by atoms with E-state index < -0.39 is 8.32 Å². The molecule has 0 saturated heterocycles. The summed E-state index contributed by atoms with van der Waals surface area (Å²) in [6.07, 6.45) is 18.4.